The lowest BCUT2D eigenvalue weighted by Crippen LogP contribution is -2.87. The molecular formula is C24H21F2N2O+. The van der Waals surface area contributed by atoms with Crippen molar-refractivity contribution in [2.45, 2.75) is 19.0 Å². The number of Topliss-reactive ketones (excluding diaryl/α,β-unsaturated/α-hetero) is 1. The summed E-state index contributed by atoms with van der Waals surface area (Å²) < 4.78 is 27.6. The molecule has 3 N–H and O–H groups in total. The van der Waals surface area contributed by atoms with E-state index >= 15 is 0 Å². The summed E-state index contributed by atoms with van der Waals surface area (Å²) in [6.45, 7) is 1.81. The van der Waals surface area contributed by atoms with Crippen molar-refractivity contribution in [3.05, 3.63) is 107 Å². The number of carbonyl (C=O) groups is 1. The number of para-hydroxylation sites is 1. The zero-order valence-corrected chi connectivity index (χ0v) is 15.9. The molecule has 146 valence electrons. The van der Waals surface area contributed by atoms with Crippen molar-refractivity contribution in [2.24, 2.45) is 0 Å². The minimum Gasteiger partial charge on any atom is -0.360 e. The second-order valence-corrected chi connectivity index (χ2v) is 7.15. The zero-order chi connectivity index (χ0) is 20.4. The highest BCUT2D eigenvalue weighted by atomic mass is 19.1. The van der Waals surface area contributed by atoms with Crippen LogP contribution >= 0.6 is 0 Å². The van der Waals surface area contributed by atoms with Crippen molar-refractivity contribution in [2.75, 3.05) is 0 Å². The number of aromatic amines is 1. The van der Waals surface area contributed by atoms with Gasteiger partial charge in [0.25, 0.3) is 0 Å². The number of hydrogen-bond acceptors (Lipinski definition) is 1. The van der Waals surface area contributed by atoms with Crippen LogP contribution in [0.5, 0.6) is 0 Å². The van der Waals surface area contributed by atoms with E-state index in [1.54, 1.807) is 6.20 Å². The van der Waals surface area contributed by atoms with Gasteiger partial charge in [0, 0.05) is 39.9 Å². The minimum atomic E-state index is -0.618. The lowest BCUT2D eigenvalue weighted by atomic mass is 9.95. The standard InChI is InChI=1S/C24H20F2N2O/c1-15(18-12-11-17(25)13-21(18)26)28-23(16-7-3-2-4-8-16)24(29)20-14-27-22-10-6-5-9-19(20)22/h2-15,23,27-28H,1H3/p+1/t15-,23-/m0/s1. The Morgan fingerprint density at radius 3 is 2.45 bits per heavy atom. The maximum absolute atomic E-state index is 14.3. The predicted octanol–water partition coefficient (Wildman–Crippen LogP) is 4.69. The van der Waals surface area contributed by atoms with E-state index in [4.69, 9.17) is 0 Å². The SMILES string of the molecule is C[C@H]([NH2+][C@H](C(=O)c1c[nH]c2ccccc12)c1ccccc1)c1ccc(F)cc1F. The molecule has 4 rings (SSSR count). The van der Waals surface area contributed by atoms with Gasteiger partial charge in [-0.05, 0) is 25.1 Å². The van der Waals surface area contributed by atoms with E-state index in [2.05, 4.69) is 4.98 Å². The van der Waals surface area contributed by atoms with E-state index in [-0.39, 0.29) is 11.8 Å². The second-order valence-electron chi connectivity index (χ2n) is 7.15. The number of benzene rings is 3. The van der Waals surface area contributed by atoms with Crippen LogP contribution < -0.4 is 5.32 Å². The number of fused-ring (bicyclic) bond motifs is 1. The fraction of sp³-hybridized carbons (Fsp3) is 0.125. The summed E-state index contributed by atoms with van der Waals surface area (Å²) in [5.74, 6) is -1.30. The first-order chi connectivity index (χ1) is 14.0. The number of hydrogen-bond donors (Lipinski definition) is 2. The molecule has 0 fully saturated rings. The number of nitrogens with one attached hydrogen (secondary N) is 1. The molecule has 0 saturated heterocycles. The highest BCUT2D eigenvalue weighted by molar-refractivity contribution is 6.09. The van der Waals surface area contributed by atoms with E-state index in [1.165, 1.54) is 12.1 Å². The highest BCUT2D eigenvalue weighted by Gasteiger charge is 2.30. The van der Waals surface area contributed by atoms with Crippen molar-refractivity contribution in [1.29, 1.82) is 0 Å². The highest BCUT2D eigenvalue weighted by Crippen LogP contribution is 2.24. The van der Waals surface area contributed by atoms with Gasteiger partial charge >= 0.3 is 0 Å². The number of aromatic nitrogens is 1. The zero-order valence-electron chi connectivity index (χ0n) is 15.9. The van der Waals surface area contributed by atoms with Crippen LogP contribution in [-0.4, -0.2) is 10.8 Å². The quantitative estimate of drug-likeness (QED) is 0.460. The fourth-order valence-corrected chi connectivity index (χ4v) is 3.72. The number of carbonyl (C=O) groups excluding carboxylic acids is 1. The Bertz CT molecular complexity index is 1150. The third kappa shape index (κ3) is 3.82. The maximum atomic E-state index is 14.3. The Balaban J connectivity index is 1.71. The number of ketones is 1. The molecule has 0 radical (unpaired) electrons. The van der Waals surface area contributed by atoms with Crippen LogP contribution in [0.1, 0.15) is 40.5 Å². The number of rotatable bonds is 6. The lowest BCUT2D eigenvalue weighted by molar-refractivity contribution is -0.718. The van der Waals surface area contributed by atoms with Gasteiger partial charge in [0.1, 0.15) is 17.7 Å². The average Bonchev–Trinajstić information content (AvgIpc) is 3.16. The Hall–Kier alpha value is -3.31. The molecule has 29 heavy (non-hydrogen) atoms. The molecular weight excluding hydrogens is 370 g/mol. The maximum Gasteiger partial charge on any atom is 0.226 e. The first kappa shape index (κ1) is 19.0. The molecule has 5 heteroatoms. The second kappa shape index (κ2) is 7.97. The van der Waals surface area contributed by atoms with Crippen LogP contribution in [-0.2, 0) is 0 Å². The molecule has 1 heterocycles. The smallest absolute Gasteiger partial charge is 0.226 e. The summed E-state index contributed by atoms with van der Waals surface area (Å²) in [5, 5.41) is 2.68. The molecule has 0 bridgehead atoms. The molecule has 0 saturated carbocycles. The number of halogens is 2. The molecule has 3 nitrogen and oxygen atoms in total. The van der Waals surface area contributed by atoms with Gasteiger partial charge in [0.2, 0.25) is 5.78 Å². The summed E-state index contributed by atoms with van der Waals surface area (Å²) >= 11 is 0. The first-order valence-corrected chi connectivity index (χ1v) is 9.50. The lowest BCUT2D eigenvalue weighted by Gasteiger charge is -2.20. The van der Waals surface area contributed by atoms with Crippen LogP contribution in [0.25, 0.3) is 10.9 Å². The molecule has 4 aromatic rings. The Morgan fingerprint density at radius 2 is 1.69 bits per heavy atom. The van der Waals surface area contributed by atoms with Crippen molar-refractivity contribution in [1.82, 2.24) is 4.98 Å². The van der Waals surface area contributed by atoms with Gasteiger partial charge in [0.15, 0.2) is 6.04 Å². The predicted molar refractivity (Wildman–Crippen MR) is 109 cm³/mol. The van der Waals surface area contributed by atoms with Gasteiger partial charge in [-0.2, -0.15) is 0 Å². The fourth-order valence-electron chi connectivity index (χ4n) is 3.72. The van der Waals surface area contributed by atoms with Crippen molar-refractivity contribution in [3.63, 3.8) is 0 Å². The summed E-state index contributed by atoms with van der Waals surface area (Å²) in [5.41, 5.74) is 2.67. The Kier molecular flexibility index (Phi) is 5.23. The monoisotopic (exact) mass is 391 g/mol. The average molecular weight is 391 g/mol. The molecule has 0 aliphatic rings. The minimum absolute atomic E-state index is 0.0666. The first-order valence-electron chi connectivity index (χ1n) is 9.50. The largest absolute Gasteiger partial charge is 0.360 e. The summed E-state index contributed by atoms with van der Waals surface area (Å²) in [7, 11) is 0. The summed E-state index contributed by atoms with van der Waals surface area (Å²) in [6.07, 6.45) is 1.72. The Labute approximate surface area is 167 Å². The molecule has 0 amide bonds. The molecule has 0 aliphatic carbocycles. The molecule has 0 unspecified atom stereocenters. The van der Waals surface area contributed by atoms with Gasteiger partial charge in [-0.1, -0.05) is 48.5 Å². The van der Waals surface area contributed by atoms with Gasteiger partial charge < -0.3 is 10.3 Å². The van der Waals surface area contributed by atoms with Crippen molar-refractivity contribution in [3.8, 4) is 0 Å². The topological polar surface area (TPSA) is 49.5 Å². The van der Waals surface area contributed by atoms with Crippen LogP contribution in [0.3, 0.4) is 0 Å². The molecule has 1 aromatic heterocycles. The molecule has 3 aromatic carbocycles. The summed E-state index contributed by atoms with van der Waals surface area (Å²) in [6, 6.07) is 19.7. The molecule has 0 spiro atoms. The third-order valence-corrected chi connectivity index (χ3v) is 5.23. The van der Waals surface area contributed by atoms with Crippen molar-refractivity contribution >= 4 is 16.7 Å². The van der Waals surface area contributed by atoms with E-state index < -0.39 is 17.7 Å². The summed E-state index contributed by atoms with van der Waals surface area (Å²) in [4.78, 5) is 16.7. The van der Waals surface area contributed by atoms with Crippen LogP contribution in [0.2, 0.25) is 0 Å². The van der Waals surface area contributed by atoms with Gasteiger partial charge in [-0.25, -0.2) is 8.78 Å². The van der Waals surface area contributed by atoms with Crippen LogP contribution in [0.4, 0.5) is 8.78 Å². The van der Waals surface area contributed by atoms with Crippen LogP contribution in [0.15, 0.2) is 79.0 Å². The van der Waals surface area contributed by atoms with Gasteiger partial charge in [-0.3, -0.25) is 4.79 Å². The Morgan fingerprint density at radius 1 is 0.966 bits per heavy atom. The van der Waals surface area contributed by atoms with E-state index in [1.807, 2.05) is 66.8 Å². The van der Waals surface area contributed by atoms with Gasteiger partial charge in [0.05, 0.1) is 0 Å². The van der Waals surface area contributed by atoms with Gasteiger partial charge in [-0.15, -0.1) is 0 Å². The van der Waals surface area contributed by atoms with E-state index in [0.29, 0.717) is 11.1 Å². The molecule has 0 aliphatic heterocycles. The number of quaternary nitrogens is 1. The third-order valence-electron chi connectivity index (χ3n) is 5.23. The number of nitrogens with two attached hydrogens (primary N) is 1. The number of H-pyrrole nitrogens is 1. The van der Waals surface area contributed by atoms with Crippen LogP contribution in [0, 0.1) is 11.6 Å². The normalized spacial score (nSPS) is 13.3. The molecule has 2 atom stereocenters. The van der Waals surface area contributed by atoms with E-state index in [9.17, 15) is 13.6 Å². The van der Waals surface area contributed by atoms with E-state index in [0.717, 1.165) is 22.5 Å². The van der Waals surface area contributed by atoms with Crippen molar-refractivity contribution < 1.29 is 18.9 Å².